The Morgan fingerprint density at radius 3 is 2.94 bits per heavy atom. The van der Waals surface area contributed by atoms with E-state index in [0.717, 1.165) is 19.4 Å². The predicted octanol–water partition coefficient (Wildman–Crippen LogP) is 3.83. The number of nitriles is 1. The fourth-order valence-electron chi connectivity index (χ4n) is 5.23. The molecule has 1 aromatic carbocycles. The maximum absolute atomic E-state index is 14.6. The first kappa shape index (κ1) is 21.9. The minimum Gasteiger partial charge on any atom is -0.484 e. The van der Waals surface area contributed by atoms with Crippen LogP contribution in [0, 0.1) is 17.1 Å². The molecular weight excluding hydrogens is 423 g/mol. The van der Waals surface area contributed by atoms with Crippen molar-refractivity contribution in [2.75, 3.05) is 30.4 Å². The van der Waals surface area contributed by atoms with Crippen molar-refractivity contribution in [3.63, 3.8) is 0 Å². The molecule has 1 aromatic heterocycles. The van der Waals surface area contributed by atoms with Crippen molar-refractivity contribution in [1.29, 1.82) is 5.26 Å². The Morgan fingerprint density at radius 1 is 1.33 bits per heavy atom. The Hall–Kier alpha value is -2.96. The SMILES string of the molecule is CC1(C)C[C@H](Nc2nc(Nc3ccc(OC4COC4)c(C#N)c3)ncc2F)C[C@@H]2CCCN21. The number of halogens is 1. The third kappa shape index (κ3) is 4.59. The normalized spacial score (nSPS) is 24.4. The number of aromatic nitrogens is 2. The van der Waals surface area contributed by atoms with Crippen LogP contribution in [0.2, 0.25) is 0 Å². The Balaban J connectivity index is 1.29. The second-order valence-corrected chi connectivity index (χ2v) is 9.70. The standard InChI is InChI=1S/C24H29FN6O2/c1-24(2)10-17(9-18-4-3-7-31(18)24)28-22-20(25)12-27-23(30-22)29-16-5-6-21(15(8-16)11-26)33-19-13-32-14-19/h5-6,8,12,17-19H,3-4,7,9-10,13-14H2,1-2H3,(H2,27,28,29,30)/t17-,18+/m1/s1. The van der Waals surface area contributed by atoms with E-state index < -0.39 is 5.82 Å². The van der Waals surface area contributed by atoms with Crippen molar-refractivity contribution in [3.05, 3.63) is 35.8 Å². The summed E-state index contributed by atoms with van der Waals surface area (Å²) in [5.74, 6) is 0.502. The zero-order chi connectivity index (χ0) is 23.0. The van der Waals surface area contributed by atoms with E-state index in [1.807, 2.05) is 0 Å². The van der Waals surface area contributed by atoms with Crippen LogP contribution < -0.4 is 15.4 Å². The van der Waals surface area contributed by atoms with Gasteiger partial charge in [0.25, 0.3) is 0 Å². The molecule has 0 aliphatic carbocycles. The quantitative estimate of drug-likeness (QED) is 0.683. The zero-order valence-corrected chi connectivity index (χ0v) is 19.0. The largest absolute Gasteiger partial charge is 0.484 e. The number of hydrogen-bond donors (Lipinski definition) is 2. The number of rotatable bonds is 6. The number of benzene rings is 1. The van der Waals surface area contributed by atoms with Crippen LogP contribution in [-0.2, 0) is 4.74 Å². The van der Waals surface area contributed by atoms with Gasteiger partial charge in [0.2, 0.25) is 5.95 Å². The van der Waals surface area contributed by atoms with Crippen molar-refractivity contribution in [2.24, 2.45) is 0 Å². The molecule has 0 saturated carbocycles. The second-order valence-electron chi connectivity index (χ2n) is 9.70. The lowest BCUT2D eigenvalue weighted by atomic mass is 9.84. The molecule has 2 aromatic rings. The zero-order valence-electron chi connectivity index (χ0n) is 19.0. The van der Waals surface area contributed by atoms with Crippen molar-refractivity contribution in [3.8, 4) is 11.8 Å². The summed E-state index contributed by atoms with van der Waals surface area (Å²) < 4.78 is 25.4. The van der Waals surface area contributed by atoms with Crippen LogP contribution in [0.5, 0.6) is 5.75 Å². The fourth-order valence-corrected chi connectivity index (χ4v) is 5.23. The van der Waals surface area contributed by atoms with E-state index in [9.17, 15) is 9.65 Å². The number of nitrogens with zero attached hydrogens (tertiary/aromatic N) is 4. The van der Waals surface area contributed by atoms with Gasteiger partial charge in [-0.1, -0.05) is 0 Å². The van der Waals surface area contributed by atoms with Crippen LogP contribution >= 0.6 is 0 Å². The van der Waals surface area contributed by atoms with Gasteiger partial charge in [-0.25, -0.2) is 9.37 Å². The van der Waals surface area contributed by atoms with Gasteiger partial charge in [-0.15, -0.1) is 0 Å². The molecule has 5 rings (SSSR count). The molecule has 3 aliphatic heterocycles. The number of ether oxygens (including phenoxy) is 2. The average Bonchev–Trinajstić information content (AvgIpc) is 3.23. The topological polar surface area (TPSA) is 95.3 Å². The van der Waals surface area contributed by atoms with Crippen LogP contribution in [0.1, 0.15) is 45.1 Å². The van der Waals surface area contributed by atoms with Gasteiger partial charge in [-0.3, -0.25) is 4.90 Å². The number of anilines is 3. The van der Waals surface area contributed by atoms with Gasteiger partial charge >= 0.3 is 0 Å². The van der Waals surface area contributed by atoms with E-state index in [1.165, 1.54) is 19.0 Å². The molecule has 4 heterocycles. The summed E-state index contributed by atoms with van der Waals surface area (Å²) in [7, 11) is 0. The highest BCUT2D eigenvalue weighted by Gasteiger charge is 2.43. The van der Waals surface area contributed by atoms with E-state index in [1.54, 1.807) is 18.2 Å². The van der Waals surface area contributed by atoms with Gasteiger partial charge in [0, 0.05) is 23.3 Å². The molecule has 2 atom stereocenters. The van der Waals surface area contributed by atoms with Gasteiger partial charge in [0.1, 0.15) is 17.9 Å². The lowest BCUT2D eigenvalue weighted by Gasteiger charge is -2.47. The van der Waals surface area contributed by atoms with Crippen LogP contribution in [0.25, 0.3) is 0 Å². The maximum Gasteiger partial charge on any atom is 0.229 e. The number of nitrogens with one attached hydrogen (secondary N) is 2. The molecule has 0 bridgehead atoms. The summed E-state index contributed by atoms with van der Waals surface area (Å²) in [5.41, 5.74) is 1.10. The fraction of sp³-hybridized carbons (Fsp3) is 0.542. The van der Waals surface area contributed by atoms with E-state index in [4.69, 9.17) is 9.47 Å². The molecule has 174 valence electrons. The molecule has 33 heavy (non-hydrogen) atoms. The van der Waals surface area contributed by atoms with E-state index in [0.29, 0.717) is 36.3 Å². The molecular formula is C24H29FN6O2. The summed E-state index contributed by atoms with van der Waals surface area (Å²) >= 11 is 0. The molecule has 8 nitrogen and oxygen atoms in total. The molecule has 0 amide bonds. The highest BCUT2D eigenvalue weighted by atomic mass is 19.1. The summed E-state index contributed by atoms with van der Waals surface area (Å²) in [6, 6.07) is 8.03. The average molecular weight is 453 g/mol. The maximum atomic E-state index is 14.6. The summed E-state index contributed by atoms with van der Waals surface area (Å²) in [6.07, 6.45) is 5.47. The van der Waals surface area contributed by atoms with E-state index in [2.05, 4.69) is 45.4 Å². The Labute approximate surface area is 193 Å². The van der Waals surface area contributed by atoms with Crippen LogP contribution in [0.15, 0.2) is 24.4 Å². The first-order valence-electron chi connectivity index (χ1n) is 11.5. The van der Waals surface area contributed by atoms with Crippen molar-refractivity contribution < 1.29 is 13.9 Å². The minimum atomic E-state index is -0.476. The molecule has 0 spiro atoms. The summed E-state index contributed by atoms with van der Waals surface area (Å²) in [5, 5.41) is 15.9. The van der Waals surface area contributed by atoms with Gasteiger partial charge in [0.05, 0.1) is 25.0 Å². The van der Waals surface area contributed by atoms with Gasteiger partial charge in [-0.2, -0.15) is 10.2 Å². The predicted molar refractivity (Wildman–Crippen MR) is 122 cm³/mol. The number of hydrogen-bond acceptors (Lipinski definition) is 8. The lowest BCUT2D eigenvalue weighted by Crippen LogP contribution is -2.55. The van der Waals surface area contributed by atoms with E-state index >= 15 is 0 Å². The molecule has 2 N–H and O–H groups in total. The Bertz CT molecular complexity index is 1070. The number of fused-ring (bicyclic) bond motifs is 1. The second kappa shape index (κ2) is 8.76. The molecule has 3 fully saturated rings. The smallest absolute Gasteiger partial charge is 0.229 e. The van der Waals surface area contributed by atoms with Crippen molar-refractivity contribution in [2.45, 2.75) is 63.3 Å². The third-order valence-corrected chi connectivity index (χ3v) is 6.80. The summed E-state index contributed by atoms with van der Waals surface area (Å²) in [6.45, 7) is 6.73. The summed E-state index contributed by atoms with van der Waals surface area (Å²) in [4.78, 5) is 11.1. The lowest BCUT2D eigenvalue weighted by molar-refractivity contribution is -0.0797. The first-order chi connectivity index (χ1) is 15.9. The molecule has 3 saturated heterocycles. The molecule has 0 unspecified atom stereocenters. The monoisotopic (exact) mass is 452 g/mol. The number of piperidine rings is 1. The van der Waals surface area contributed by atoms with Gasteiger partial charge in [0.15, 0.2) is 11.6 Å². The van der Waals surface area contributed by atoms with Gasteiger partial charge < -0.3 is 20.1 Å². The highest BCUT2D eigenvalue weighted by Crippen LogP contribution is 2.38. The van der Waals surface area contributed by atoms with E-state index in [-0.39, 0.29) is 29.5 Å². The van der Waals surface area contributed by atoms with Crippen molar-refractivity contribution >= 4 is 17.5 Å². The Morgan fingerprint density at radius 2 is 2.18 bits per heavy atom. The van der Waals surface area contributed by atoms with Crippen LogP contribution in [0.3, 0.4) is 0 Å². The molecule has 9 heteroatoms. The third-order valence-electron chi connectivity index (χ3n) is 6.80. The highest BCUT2D eigenvalue weighted by molar-refractivity contribution is 5.61. The Kier molecular flexibility index (Phi) is 5.81. The van der Waals surface area contributed by atoms with Crippen LogP contribution in [-0.4, -0.2) is 58.4 Å². The molecule has 3 aliphatic rings. The molecule has 0 radical (unpaired) electrons. The minimum absolute atomic E-state index is 0.0222. The first-order valence-corrected chi connectivity index (χ1v) is 11.5. The van der Waals surface area contributed by atoms with Crippen LogP contribution in [0.4, 0.5) is 21.8 Å². The van der Waals surface area contributed by atoms with Crippen molar-refractivity contribution in [1.82, 2.24) is 14.9 Å². The van der Waals surface area contributed by atoms with Gasteiger partial charge in [-0.05, 0) is 64.3 Å².